The van der Waals surface area contributed by atoms with E-state index < -0.39 is 17.7 Å². The fraction of sp³-hybridized carbons (Fsp3) is 0.0714. The number of carboxylic acids is 1. The van der Waals surface area contributed by atoms with E-state index in [-0.39, 0.29) is 11.4 Å². The fourth-order valence-electron chi connectivity index (χ4n) is 2.19. The van der Waals surface area contributed by atoms with Crippen LogP contribution < -0.4 is 4.90 Å². The lowest BCUT2D eigenvalue weighted by Gasteiger charge is -2.15. The van der Waals surface area contributed by atoms with Crippen LogP contribution in [0.3, 0.4) is 0 Å². The second kappa shape index (κ2) is 5.09. The van der Waals surface area contributed by atoms with Gasteiger partial charge in [0, 0.05) is 9.35 Å². The number of ketones is 1. The van der Waals surface area contributed by atoms with Crippen molar-refractivity contribution in [1.29, 1.82) is 0 Å². The van der Waals surface area contributed by atoms with E-state index in [1.807, 2.05) is 0 Å². The minimum Gasteiger partial charge on any atom is -0.477 e. The second-order valence-electron chi connectivity index (χ2n) is 4.43. The molecular weight excluding hydrogens is 358 g/mol. The van der Waals surface area contributed by atoms with Gasteiger partial charge in [0.15, 0.2) is 0 Å². The molecule has 5 nitrogen and oxygen atoms in total. The van der Waals surface area contributed by atoms with E-state index in [1.165, 1.54) is 11.0 Å². The average Bonchev–Trinajstić information content (AvgIpc) is 3.00. The van der Waals surface area contributed by atoms with Gasteiger partial charge in [0.05, 0.1) is 17.8 Å². The number of aromatic carboxylic acids is 1. The lowest BCUT2D eigenvalue weighted by molar-refractivity contribution is -0.114. The van der Waals surface area contributed by atoms with Gasteiger partial charge in [-0.1, -0.05) is 6.07 Å². The van der Waals surface area contributed by atoms with Gasteiger partial charge in [-0.25, -0.2) is 4.79 Å². The molecule has 0 atom stereocenters. The lowest BCUT2D eigenvalue weighted by Crippen LogP contribution is -2.28. The summed E-state index contributed by atoms with van der Waals surface area (Å²) in [4.78, 5) is 37.3. The molecule has 3 rings (SSSR count). The number of amides is 1. The van der Waals surface area contributed by atoms with Crippen LogP contribution in [0.15, 0.2) is 34.8 Å². The van der Waals surface area contributed by atoms with Gasteiger partial charge in [0.2, 0.25) is 0 Å². The molecule has 2 heterocycles. The Morgan fingerprint density at radius 1 is 1.24 bits per heavy atom. The summed E-state index contributed by atoms with van der Waals surface area (Å²) >= 11 is 4.37. The average molecular weight is 366 g/mol. The van der Waals surface area contributed by atoms with Crippen LogP contribution in [0.5, 0.6) is 0 Å². The van der Waals surface area contributed by atoms with Crippen LogP contribution in [0.2, 0.25) is 0 Å². The normalized spacial score (nSPS) is 13.7. The number of nitrogens with zero attached hydrogens (tertiary/aromatic N) is 1. The third kappa shape index (κ3) is 2.28. The second-order valence-corrected chi connectivity index (χ2v) is 6.45. The zero-order valence-electron chi connectivity index (χ0n) is 10.5. The Morgan fingerprint density at radius 3 is 2.67 bits per heavy atom. The van der Waals surface area contributed by atoms with E-state index >= 15 is 0 Å². The van der Waals surface area contributed by atoms with Gasteiger partial charge in [-0.15, -0.1) is 11.3 Å². The maximum absolute atomic E-state index is 12.1. The number of hydrogen-bond donors (Lipinski definition) is 1. The summed E-state index contributed by atoms with van der Waals surface area (Å²) in [5.74, 6) is -2.15. The molecule has 1 aromatic heterocycles. The number of fused-ring (bicyclic) bond motifs is 1. The zero-order valence-corrected chi connectivity index (χ0v) is 12.9. The summed E-state index contributed by atoms with van der Waals surface area (Å²) in [5, 5.41) is 8.92. The topological polar surface area (TPSA) is 74.7 Å². The highest BCUT2D eigenvalue weighted by molar-refractivity contribution is 9.10. The van der Waals surface area contributed by atoms with E-state index in [2.05, 4.69) is 15.9 Å². The zero-order chi connectivity index (χ0) is 15.1. The van der Waals surface area contributed by atoms with Gasteiger partial charge in [-0.05, 0) is 40.2 Å². The van der Waals surface area contributed by atoms with Crippen molar-refractivity contribution in [1.82, 2.24) is 0 Å². The van der Waals surface area contributed by atoms with Gasteiger partial charge in [0.1, 0.15) is 4.88 Å². The summed E-state index contributed by atoms with van der Waals surface area (Å²) in [5.41, 5.74) is 0.905. The lowest BCUT2D eigenvalue weighted by atomic mass is 10.1. The summed E-state index contributed by atoms with van der Waals surface area (Å²) in [7, 11) is 0. The van der Waals surface area contributed by atoms with Crippen LogP contribution in [0.25, 0.3) is 0 Å². The minimum atomic E-state index is -1.00. The molecule has 0 saturated carbocycles. The Kier molecular flexibility index (Phi) is 3.38. The van der Waals surface area contributed by atoms with Crippen LogP contribution in [0.1, 0.15) is 24.9 Å². The van der Waals surface area contributed by atoms with E-state index in [0.29, 0.717) is 20.6 Å². The number of rotatable bonds is 3. The SMILES string of the molecule is O=C(O)c1ccc(CN2C(=O)C(=O)c3c(Br)cccc32)s1. The van der Waals surface area contributed by atoms with Gasteiger partial charge in [0.25, 0.3) is 11.7 Å². The van der Waals surface area contributed by atoms with Crippen molar-refractivity contribution in [2.75, 3.05) is 4.90 Å². The number of carbonyl (C=O) groups excluding carboxylic acids is 2. The van der Waals surface area contributed by atoms with E-state index in [9.17, 15) is 14.4 Å². The maximum atomic E-state index is 12.1. The van der Waals surface area contributed by atoms with Crippen molar-refractivity contribution in [3.63, 3.8) is 0 Å². The Hall–Kier alpha value is -1.99. The third-order valence-electron chi connectivity index (χ3n) is 3.14. The first-order chi connectivity index (χ1) is 9.99. The standard InChI is InChI=1S/C14H8BrNO4S/c15-8-2-1-3-9-11(8)12(17)13(18)16(9)6-7-4-5-10(21-7)14(19)20/h1-5H,6H2,(H,19,20). The number of hydrogen-bond acceptors (Lipinski definition) is 4. The molecular formula is C14H8BrNO4S. The smallest absolute Gasteiger partial charge is 0.345 e. The first-order valence-electron chi connectivity index (χ1n) is 5.95. The number of halogens is 1. The van der Waals surface area contributed by atoms with Gasteiger partial charge >= 0.3 is 5.97 Å². The summed E-state index contributed by atoms with van der Waals surface area (Å²) in [6.07, 6.45) is 0. The maximum Gasteiger partial charge on any atom is 0.345 e. The number of Topliss-reactive ketones (excluding diaryl/α,β-unsaturated/α-hetero) is 1. The van der Waals surface area contributed by atoms with Crippen LogP contribution in [0.4, 0.5) is 5.69 Å². The van der Waals surface area contributed by atoms with Crippen molar-refractivity contribution < 1.29 is 19.5 Å². The van der Waals surface area contributed by atoms with Crippen LogP contribution in [-0.4, -0.2) is 22.8 Å². The van der Waals surface area contributed by atoms with E-state index in [1.54, 1.807) is 24.3 Å². The molecule has 1 aliphatic rings. The Labute approximate surface area is 131 Å². The Balaban J connectivity index is 1.96. The van der Waals surface area contributed by atoms with Crippen molar-refractivity contribution >= 4 is 50.6 Å². The van der Waals surface area contributed by atoms with Gasteiger partial charge in [-0.3, -0.25) is 14.5 Å². The molecule has 1 aromatic carbocycles. The molecule has 1 N–H and O–H groups in total. The molecule has 0 fully saturated rings. The van der Waals surface area contributed by atoms with Crippen molar-refractivity contribution in [2.24, 2.45) is 0 Å². The largest absolute Gasteiger partial charge is 0.477 e. The first-order valence-corrected chi connectivity index (χ1v) is 7.56. The van der Waals surface area contributed by atoms with Crippen LogP contribution in [0, 0.1) is 0 Å². The van der Waals surface area contributed by atoms with E-state index in [4.69, 9.17) is 5.11 Å². The van der Waals surface area contributed by atoms with Crippen molar-refractivity contribution in [3.8, 4) is 0 Å². The number of thiophene rings is 1. The van der Waals surface area contributed by atoms with Crippen LogP contribution in [-0.2, 0) is 11.3 Å². The molecule has 106 valence electrons. The molecule has 7 heteroatoms. The molecule has 0 saturated heterocycles. The highest BCUT2D eigenvalue weighted by Crippen LogP contribution is 2.35. The highest BCUT2D eigenvalue weighted by atomic mass is 79.9. The first kappa shape index (κ1) is 14.0. The third-order valence-corrected chi connectivity index (χ3v) is 4.85. The summed E-state index contributed by atoms with van der Waals surface area (Å²) in [6.45, 7) is 0.186. The Bertz CT molecular complexity index is 783. The molecule has 0 spiro atoms. The van der Waals surface area contributed by atoms with Crippen LogP contribution >= 0.6 is 27.3 Å². The molecule has 21 heavy (non-hydrogen) atoms. The van der Waals surface area contributed by atoms with Crippen molar-refractivity contribution in [2.45, 2.75) is 6.54 Å². The molecule has 0 unspecified atom stereocenters. The number of anilines is 1. The van der Waals surface area contributed by atoms with Gasteiger partial charge in [-0.2, -0.15) is 0 Å². The molecule has 0 bridgehead atoms. The number of carboxylic acid groups (broad SMARTS) is 1. The minimum absolute atomic E-state index is 0.186. The highest BCUT2D eigenvalue weighted by Gasteiger charge is 2.37. The quantitative estimate of drug-likeness (QED) is 0.848. The monoisotopic (exact) mass is 365 g/mol. The molecule has 1 amide bonds. The fourth-order valence-corrected chi connectivity index (χ4v) is 3.56. The van der Waals surface area contributed by atoms with Gasteiger partial charge < -0.3 is 5.11 Å². The molecule has 0 radical (unpaired) electrons. The Morgan fingerprint density at radius 2 is 2.00 bits per heavy atom. The molecule has 0 aliphatic carbocycles. The predicted molar refractivity (Wildman–Crippen MR) is 80.9 cm³/mol. The predicted octanol–water partition coefficient (Wildman–Crippen LogP) is 2.94. The molecule has 2 aromatic rings. The summed E-state index contributed by atoms with van der Waals surface area (Å²) < 4.78 is 0.582. The van der Waals surface area contributed by atoms with E-state index in [0.717, 1.165) is 11.3 Å². The number of carbonyl (C=O) groups is 3. The molecule has 1 aliphatic heterocycles. The number of benzene rings is 1. The van der Waals surface area contributed by atoms with Crippen molar-refractivity contribution in [3.05, 3.63) is 50.1 Å². The summed E-state index contributed by atoms with van der Waals surface area (Å²) in [6, 6.07) is 8.31.